The molecule has 1 N–H and O–H groups in total. The van der Waals surface area contributed by atoms with E-state index in [9.17, 15) is 22.8 Å². The zero-order valence-electron chi connectivity index (χ0n) is 16.9. The number of rotatable bonds is 5. The first-order chi connectivity index (χ1) is 14.8. The lowest BCUT2D eigenvalue weighted by Gasteiger charge is -2.32. The van der Waals surface area contributed by atoms with Gasteiger partial charge >= 0.3 is 6.18 Å². The molecule has 0 radical (unpaired) electrons. The van der Waals surface area contributed by atoms with E-state index in [1.54, 1.807) is 4.90 Å². The van der Waals surface area contributed by atoms with Gasteiger partial charge in [0.05, 0.1) is 5.56 Å². The molecule has 4 nitrogen and oxygen atoms in total. The van der Waals surface area contributed by atoms with Crippen molar-refractivity contribution >= 4 is 22.6 Å². The fourth-order valence-corrected chi connectivity index (χ4v) is 4.23. The molecule has 7 heteroatoms. The molecule has 0 aliphatic carbocycles. The number of ketones is 1. The molecule has 2 aromatic carbocycles. The molecule has 3 aromatic rings. The number of likely N-dealkylation sites (tertiary alicyclic amines) is 1. The van der Waals surface area contributed by atoms with E-state index in [4.69, 9.17) is 0 Å². The van der Waals surface area contributed by atoms with Gasteiger partial charge in [-0.1, -0.05) is 30.3 Å². The van der Waals surface area contributed by atoms with Gasteiger partial charge < -0.3 is 9.88 Å². The number of H-pyrrole nitrogens is 1. The van der Waals surface area contributed by atoms with Gasteiger partial charge in [0.1, 0.15) is 0 Å². The maximum atomic E-state index is 13.0. The zero-order chi connectivity index (χ0) is 22.0. The summed E-state index contributed by atoms with van der Waals surface area (Å²) >= 11 is 0. The molecule has 0 bridgehead atoms. The summed E-state index contributed by atoms with van der Waals surface area (Å²) in [6.45, 7) is 1.29. The number of halogens is 3. The van der Waals surface area contributed by atoms with Crippen LogP contribution in [0.25, 0.3) is 10.9 Å². The molecule has 1 saturated heterocycles. The van der Waals surface area contributed by atoms with Gasteiger partial charge in [-0.25, -0.2) is 0 Å². The summed E-state index contributed by atoms with van der Waals surface area (Å²) in [5.74, 6) is 0.00899. The van der Waals surface area contributed by atoms with E-state index in [-0.39, 0.29) is 35.5 Å². The van der Waals surface area contributed by atoms with Crippen LogP contribution < -0.4 is 0 Å². The molecule has 1 amide bonds. The Kier molecular flexibility index (Phi) is 5.85. The first-order valence-corrected chi connectivity index (χ1v) is 10.4. The Morgan fingerprint density at radius 1 is 1.00 bits per heavy atom. The molecular weight excluding hydrogens is 405 g/mol. The fraction of sp³-hybridized carbons (Fsp3) is 0.333. The largest absolute Gasteiger partial charge is 0.416 e. The van der Waals surface area contributed by atoms with E-state index in [0.717, 1.165) is 25.0 Å². The molecule has 0 unspecified atom stereocenters. The number of piperidine rings is 1. The van der Waals surface area contributed by atoms with Gasteiger partial charge in [0, 0.05) is 48.6 Å². The van der Waals surface area contributed by atoms with Gasteiger partial charge in [0.25, 0.3) is 0 Å². The SMILES string of the molecule is O=C(CCC(=O)N1CCC(c2ccccc2)CC1)c1c[nH]c2ccc(C(F)(F)F)cc12. The average Bonchev–Trinajstić information content (AvgIpc) is 3.21. The number of nitrogens with zero attached hydrogens (tertiary/aromatic N) is 1. The predicted molar refractivity (Wildman–Crippen MR) is 112 cm³/mol. The van der Waals surface area contributed by atoms with Crippen LogP contribution in [0.15, 0.2) is 54.7 Å². The Morgan fingerprint density at radius 2 is 1.71 bits per heavy atom. The number of carbonyl (C=O) groups is 2. The van der Waals surface area contributed by atoms with Crippen LogP contribution in [0.2, 0.25) is 0 Å². The van der Waals surface area contributed by atoms with Crippen molar-refractivity contribution in [1.82, 2.24) is 9.88 Å². The summed E-state index contributed by atoms with van der Waals surface area (Å²) in [6.07, 6.45) is -1.27. The van der Waals surface area contributed by atoms with Gasteiger partial charge in [-0.15, -0.1) is 0 Å². The number of hydrogen-bond acceptors (Lipinski definition) is 2. The van der Waals surface area contributed by atoms with Crippen molar-refractivity contribution in [3.63, 3.8) is 0 Å². The Bertz CT molecular complexity index is 1080. The Balaban J connectivity index is 1.35. The lowest BCUT2D eigenvalue weighted by Crippen LogP contribution is -2.38. The molecule has 4 rings (SSSR count). The van der Waals surface area contributed by atoms with Gasteiger partial charge in [0.2, 0.25) is 5.91 Å². The third-order valence-electron chi connectivity index (χ3n) is 5.99. The molecule has 0 spiro atoms. The van der Waals surface area contributed by atoms with Gasteiger partial charge in [-0.2, -0.15) is 13.2 Å². The van der Waals surface area contributed by atoms with E-state index < -0.39 is 11.7 Å². The van der Waals surface area contributed by atoms with E-state index >= 15 is 0 Å². The Labute approximate surface area is 178 Å². The number of benzene rings is 2. The number of aromatic nitrogens is 1. The minimum Gasteiger partial charge on any atom is -0.360 e. The number of Topliss-reactive ketones (excluding diaryl/α,β-unsaturated/α-hetero) is 1. The van der Waals surface area contributed by atoms with Crippen LogP contribution in [0.4, 0.5) is 13.2 Å². The monoisotopic (exact) mass is 428 g/mol. The van der Waals surface area contributed by atoms with E-state index in [1.807, 2.05) is 18.2 Å². The Hall–Kier alpha value is -3.09. The van der Waals surface area contributed by atoms with Crippen LogP contribution >= 0.6 is 0 Å². The van der Waals surface area contributed by atoms with Crippen LogP contribution in [-0.4, -0.2) is 34.7 Å². The quantitative estimate of drug-likeness (QED) is 0.541. The highest BCUT2D eigenvalue weighted by Crippen LogP contribution is 2.33. The van der Waals surface area contributed by atoms with E-state index in [2.05, 4.69) is 17.1 Å². The second kappa shape index (κ2) is 8.57. The van der Waals surface area contributed by atoms with Crippen LogP contribution in [0.5, 0.6) is 0 Å². The normalized spacial score (nSPS) is 15.4. The molecule has 1 aliphatic rings. The minimum absolute atomic E-state index is 0.0271. The van der Waals surface area contributed by atoms with Crippen LogP contribution in [0.3, 0.4) is 0 Å². The third-order valence-corrected chi connectivity index (χ3v) is 5.99. The van der Waals surface area contributed by atoms with Gasteiger partial charge in [-0.3, -0.25) is 9.59 Å². The second-order valence-electron chi connectivity index (χ2n) is 7.95. The first kappa shape index (κ1) is 21.2. The topological polar surface area (TPSA) is 53.2 Å². The first-order valence-electron chi connectivity index (χ1n) is 10.4. The van der Waals surface area contributed by atoms with E-state index in [0.29, 0.717) is 24.5 Å². The van der Waals surface area contributed by atoms with Gasteiger partial charge in [0.15, 0.2) is 5.78 Å². The summed E-state index contributed by atoms with van der Waals surface area (Å²) in [6, 6.07) is 13.5. The van der Waals surface area contributed by atoms with Crippen molar-refractivity contribution in [3.05, 3.63) is 71.4 Å². The fourth-order valence-electron chi connectivity index (χ4n) is 4.23. The standard InChI is InChI=1S/C24H23F3N2O2/c25-24(26,27)18-6-7-21-19(14-18)20(15-28-21)22(30)8-9-23(31)29-12-10-17(11-13-29)16-4-2-1-3-5-16/h1-7,14-15,17,28H,8-13H2. The maximum absolute atomic E-state index is 13.0. The maximum Gasteiger partial charge on any atom is 0.416 e. The summed E-state index contributed by atoms with van der Waals surface area (Å²) in [4.78, 5) is 29.8. The molecule has 2 heterocycles. The van der Waals surface area contributed by atoms with Crippen molar-refractivity contribution in [1.29, 1.82) is 0 Å². The number of carbonyl (C=O) groups excluding carboxylic acids is 2. The zero-order valence-corrected chi connectivity index (χ0v) is 16.9. The number of alkyl halides is 3. The number of amides is 1. The molecule has 0 atom stereocenters. The average molecular weight is 428 g/mol. The van der Waals surface area contributed by atoms with Crippen molar-refractivity contribution in [2.75, 3.05) is 13.1 Å². The minimum atomic E-state index is -4.48. The Morgan fingerprint density at radius 3 is 2.39 bits per heavy atom. The molecule has 162 valence electrons. The lowest BCUT2D eigenvalue weighted by atomic mass is 9.89. The molecule has 31 heavy (non-hydrogen) atoms. The van der Waals surface area contributed by atoms with Crippen molar-refractivity contribution in [3.8, 4) is 0 Å². The summed E-state index contributed by atoms with van der Waals surface area (Å²) in [5, 5.41) is 0.232. The van der Waals surface area contributed by atoms with Crippen molar-refractivity contribution in [2.45, 2.75) is 37.8 Å². The van der Waals surface area contributed by atoms with E-state index in [1.165, 1.54) is 17.8 Å². The van der Waals surface area contributed by atoms with Crippen LogP contribution in [0.1, 0.15) is 53.1 Å². The molecule has 1 aromatic heterocycles. The highest BCUT2D eigenvalue weighted by atomic mass is 19.4. The molecule has 1 fully saturated rings. The number of aromatic amines is 1. The number of nitrogens with one attached hydrogen (secondary N) is 1. The van der Waals surface area contributed by atoms with Gasteiger partial charge in [-0.05, 0) is 42.5 Å². The highest BCUT2D eigenvalue weighted by Gasteiger charge is 2.31. The van der Waals surface area contributed by atoms with Crippen LogP contribution in [0, 0.1) is 0 Å². The predicted octanol–water partition coefficient (Wildman–Crippen LogP) is 5.56. The lowest BCUT2D eigenvalue weighted by molar-refractivity contribution is -0.137. The summed E-state index contributed by atoms with van der Waals surface area (Å²) in [7, 11) is 0. The second-order valence-corrected chi connectivity index (χ2v) is 7.95. The van der Waals surface area contributed by atoms with Crippen molar-refractivity contribution < 1.29 is 22.8 Å². The molecular formula is C24H23F3N2O2. The highest BCUT2D eigenvalue weighted by molar-refractivity contribution is 6.08. The molecule has 1 aliphatic heterocycles. The smallest absolute Gasteiger partial charge is 0.360 e. The number of fused-ring (bicyclic) bond motifs is 1. The third kappa shape index (κ3) is 4.65. The molecule has 0 saturated carbocycles. The van der Waals surface area contributed by atoms with Crippen LogP contribution in [-0.2, 0) is 11.0 Å². The summed E-state index contributed by atoms with van der Waals surface area (Å²) < 4.78 is 39.0. The van der Waals surface area contributed by atoms with Crippen molar-refractivity contribution in [2.24, 2.45) is 0 Å². The number of hydrogen-bond donors (Lipinski definition) is 1. The summed E-state index contributed by atoms with van der Waals surface area (Å²) in [5.41, 5.74) is 1.13.